The molecule has 2 N–H and O–H groups in total. The van der Waals surface area contributed by atoms with Crippen molar-refractivity contribution in [3.05, 3.63) is 17.2 Å². The van der Waals surface area contributed by atoms with Crippen LogP contribution in [0.2, 0.25) is 0 Å². The number of aromatic carboxylic acids is 1. The quantitative estimate of drug-likeness (QED) is 0.746. The summed E-state index contributed by atoms with van der Waals surface area (Å²) in [6.07, 6.45) is 0.725. The Morgan fingerprint density at radius 2 is 2.23 bits per heavy atom. The van der Waals surface area contributed by atoms with E-state index in [0.717, 1.165) is 12.1 Å². The van der Waals surface area contributed by atoms with Crippen LogP contribution in [0.25, 0.3) is 0 Å². The highest BCUT2D eigenvalue weighted by Crippen LogP contribution is 2.11. The predicted octanol–water partition coefficient (Wildman–Crippen LogP) is 1.61. The molecule has 1 heterocycles. The van der Waals surface area contributed by atoms with Crippen molar-refractivity contribution < 1.29 is 9.90 Å². The third-order valence-electron chi connectivity index (χ3n) is 1.71. The van der Waals surface area contributed by atoms with Crippen LogP contribution in [-0.4, -0.2) is 21.0 Å². The van der Waals surface area contributed by atoms with Crippen molar-refractivity contribution in [2.45, 2.75) is 27.2 Å². The number of nitrogens with zero attached hydrogens (tertiary/aromatic N) is 1. The summed E-state index contributed by atoms with van der Waals surface area (Å²) in [6, 6.07) is 0. The minimum absolute atomic E-state index is 0.159. The third-order valence-corrected chi connectivity index (χ3v) is 1.71. The second-order valence-corrected chi connectivity index (χ2v) is 3.55. The van der Waals surface area contributed by atoms with Crippen molar-refractivity contribution in [2.75, 3.05) is 0 Å². The number of aromatic amines is 1. The normalized spacial score (nSPS) is 10.8. The van der Waals surface area contributed by atoms with Crippen LogP contribution in [0.3, 0.4) is 0 Å². The molecular formula is C9H14N2O2. The van der Waals surface area contributed by atoms with Crippen molar-refractivity contribution in [3.63, 3.8) is 0 Å². The molecule has 4 heteroatoms. The predicted molar refractivity (Wildman–Crippen MR) is 48.8 cm³/mol. The SMILES string of the molecule is Cc1nc(C(=O)O)c(CC(C)C)[nH]1. The number of hydrogen-bond acceptors (Lipinski definition) is 2. The standard InChI is InChI=1S/C9H14N2O2/c1-5(2)4-7-8(9(12)13)11-6(3)10-7/h5H,4H2,1-3H3,(H,10,11)(H,12,13). The molecule has 0 radical (unpaired) electrons. The van der Waals surface area contributed by atoms with E-state index >= 15 is 0 Å². The molecule has 0 spiro atoms. The number of carboxylic acid groups (broad SMARTS) is 1. The molecule has 72 valence electrons. The smallest absolute Gasteiger partial charge is 0.356 e. The Hall–Kier alpha value is -1.32. The molecule has 1 aromatic heterocycles. The van der Waals surface area contributed by atoms with Crippen LogP contribution in [0.1, 0.15) is 35.9 Å². The number of nitrogens with one attached hydrogen (secondary N) is 1. The fourth-order valence-electron chi connectivity index (χ4n) is 1.27. The minimum Gasteiger partial charge on any atom is -0.476 e. The lowest BCUT2D eigenvalue weighted by molar-refractivity contribution is 0.0689. The van der Waals surface area contributed by atoms with Gasteiger partial charge in [0.2, 0.25) is 0 Å². The van der Waals surface area contributed by atoms with Crippen LogP contribution in [-0.2, 0) is 6.42 Å². The average molecular weight is 182 g/mol. The van der Waals surface area contributed by atoms with Crippen molar-refractivity contribution in [1.82, 2.24) is 9.97 Å². The minimum atomic E-state index is -0.958. The molecular weight excluding hydrogens is 168 g/mol. The molecule has 1 aromatic rings. The first kappa shape index (κ1) is 9.77. The zero-order chi connectivity index (χ0) is 10.0. The maximum absolute atomic E-state index is 10.7. The Morgan fingerprint density at radius 3 is 2.69 bits per heavy atom. The van der Waals surface area contributed by atoms with Gasteiger partial charge < -0.3 is 10.1 Å². The number of hydrogen-bond donors (Lipinski definition) is 2. The first-order valence-corrected chi connectivity index (χ1v) is 4.29. The molecule has 13 heavy (non-hydrogen) atoms. The van der Waals surface area contributed by atoms with Crippen LogP contribution in [0, 0.1) is 12.8 Å². The van der Waals surface area contributed by atoms with Gasteiger partial charge in [0.1, 0.15) is 5.82 Å². The molecule has 0 fully saturated rings. The van der Waals surface area contributed by atoms with E-state index in [4.69, 9.17) is 5.11 Å². The molecule has 0 saturated carbocycles. The van der Waals surface area contributed by atoms with Crippen molar-refractivity contribution in [2.24, 2.45) is 5.92 Å². The summed E-state index contributed by atoms with van der Waals surface area (Å²) in [5.41, 5.74) is 0.881. The van der Waals surface area contributed by atoms with E-state index in [0.29, 0.717) is 11.7 Å². The van der Waals surface area contributed by atoms with Crippen molar-refractivity contribution >= 4 is 5.97 Å². The van der Waals surface area contributed by atoms with Crippen molar-refractivity contribution in [3.8, 4) is 0 Å². The highest BCUT2D eigenvalue weighted by atomic mass is 16.4. The van der Waals surface area contributed by atoms with Crippen LogP contribution < -0.4 is 0 Å². The van der Waals surface area contributed by atoms with Gasteiger partial charge in [-0.3, -0.25) is 0 Å². The second-order valence-electron chi connectivity index (χ2n) is 3.55. The number of carboxylic acids is 1. The number of rotatable bonds is 3. The lowest BCUT2D eigenvalue weighted by Gasteiger charge is -2.01. The topological polar surface area (TPSA) is 66.0 Å². The molecule has 0 atom stereocenters. The highest BCUT2D eigenvalue weighted by molar-refractivity contribution is 5.86. The summed E-state index contributed by atoms with van der Waals surface area (Å²) < 4.78 is 0. The zero-order valence-corrected chi connectivity index (χ0v) is 8.09. The van der Waals surface area contributed by atoms with Crippen LogP contribution in [0.15, 0.2) is 0 Å². The van der Waals surface area contributed by atoms with Gasteiger partial charge in [0.05, 0.1) is 0 Å². The molecule has 0 aliphatic carbocycles. The largest absolute Gasteiger partial charge is 0.476 e. The Balaban J connectivity index is 2.97. The van der Waals surface area contributed by atoms with E-state index in [-0.39, 0.29) is 5.69 Å². The molecule has 0 bridgehead atoms. The first-order chi connectivity index (χ1) is 6.00. The molecule has 0 aliphatic heterocycles. The molecule has 0 saturated heterocycles. The summed E-state index contributed by atoms with van der Waals surface area (Å²) in [7, 11) is 0. The lowest BCUT2D eigenvalue weighted by Crippen LogP contribution is -2.04. The highest BCUT2D eigenvalue weighted by Gasteiger charge is 2.15. The Morgan fingerprint density at radius 1 is 1.62 bits per heavy atom. The third kappa shape index (κ3) is 2.31. The number of aromatic nitrogens is 2. The summed E-state index contributed by atoms with van der Waals surface area (Å²) in [5, 5.41) is 8.81. The molecule has 1 rings (SSSR count). The van der Waals surface area contributed by atoms with Gasteiger partial charge in [-0.1, -0.05) is 13.8 Å². The molecule has 4 nitrogen and oxygen atoms in total. The van der Waals surface area contributed by atoms with Gasteiger partial charge in [0, 0.05) is 5.69 Å². The Bertz CT molecular complexity index is 315. The number of imidazole rings is 1. The van der Waals surface area contributed by atoms with Gasteiger partial charge >= 0.3 is 5.97 Å². The number of carbonyl (C=O) groups is 1. The lowest BCUT2D eigenvalue weighted by atomic mass is 10.1. The number of H-pyrrole nitrogens is 1. The first-order valence-electron chi connectivity index (χ1n) is 4.29. The van der Waals surface area contributed by atoms with Gasteiger partial charge in [-0.25, -0.2) is 9.78 Å². The van der Waals surface area contributed by atoms with Gasteiger partial charge in [-0.15, -0.1) is 0 Å². The summed E-state index contributed by atoms with van der Waals surface area (Å²) in [5.74, 6) is 0.131. The van der Waals surface area contributed by atoms with E-state index in [1.165, 1.54) is 0 Å². The van der Waals surface area contributed by atoms with E-state index in [1.54, 1.807) is 6.92 Å². The van der Waals surface area contributed by atoms with E-state index in [1.807, 2.05) is 13.8 Å². The summed E-state index contributed by atoms with van der Waals surface area (Å²) in [6.45, 7) is 5.85. The molecule has 0 aliphatic rings. The molecule has 0 unspecified atom stereocenters. The average Bonchev–Trinajstić information content (AvgIpc) is 2.29. The van der Waals surface area contributed by atoms with E-state index in [2.05, 4.69) is 9.97 Å². The fraction of sp³-hybridized carbons (Fsp3) is 0.556. The van der Waals surface area contributed by atoms with E-state index in [9.17, 15) is 4.79 Å². The monoisotopic (exact) mass is 182 g/mol. The molecule has 0 aromatic carbocycles. The summed E-state index contributed by atoms with van der Waals surface area (Å²) in [4.78, 5) is 17.6. The second kappa shape index (κ2) is 3.60. The van der Waals surface area contributed by atoms with Crippen LogP contribution in [0.4, 0.5) is 0 Å². The Labute approximate surface area is 77.0 Å². The maximum atomic E-state index is 10.7. The van der Waals surface area contributed by atoms with Crippen molar-refractivity contribution in [1.29, 1.82) is 0 Å². The number of aryl methyl sites for hydroxylation is 1. The Kier molecular flexibility index (Phi) is 2.70. The van der Waals surface area contributed by atoms with Crippen LogP contribution >= 0.6 is 0 Å². The van der Waals surface area contributed by atoms with Crippen LogP contribution in [0.5, 0.6) is 0 Å². The van der Waals surface area contributed by atoms with Gasteiger partial charge in [-0.05, 0) is 19.3 Å². The van der Waals surface area contributed by atoms with Gasteiger partial charge in [-0.2, -0.15) is 0 Å². The summed E-state index contributed by atoms with van der Waals surface area (Å²) >= 11 is 0. The fourth-order valence-corrected chi connectivity index (χ4v) is 1.27. The van der Waals surface area contributed by atoms with Gasteiger partial charge in [0.25, 0.3) is 0 Å². The van der Waals surface area contributed by atoms with E-state index < -0.39 is 5.97 Å². The van der Waals surface area contributed by atoms with Gasteiger partial charge in [0.15, 0.2) is 5.69 Å². The maximum Gasteiger partial charge on any atom is 0.356 e. The molecule has 0 amide bonds. The zero-order valence-electron chi connectivity index (χ0n) is 8.09.